The zero-order valence-corrected chi connectivity index (χ0v) is 17.5. The maximum Gasteiger partial charge on any atom is 0.253 e. The lowest BCUT2D eigenvalue weighted by Crippen LogP contribution is -2.35. The summed E-state index contributed by atoms with van der Waals surface area (Å²) in [5, 5.41) is 5.48. The molecule has 1 aliphatic carbocycles. The highest BCUT2D eigenvalue weighted by atomic mass is 32.2. The largest absolute Gasteiger partial charge is 0.349 e. The molecule has 0 atom stereocenters. The predicted octanol–water partition coefficient (Wildman–Crippen LogP) is 2.04. The van der Waals surface area contributed by atoms with Gasteiger partial charge in [-0.2, -0.15) is 4.31 Å². The number of ketones is 1. The number of nitrogens with one attached hydrogen (secondary N) is 2. The molecule has 1 saturated carbocycles. The van der Waals surface area contributed by atoms with Crippen molar-refractivity contribution in [2.24, 2.45) is 0 Å². The Kier molecular flexibility index (Phi) is 6.33. The zero-order valence-electron chi connectivity index (χ0n) is 16.7. The molecule has 2 amide bonds. The number of nitrogens with zero attached hydrogens (tertiary/aromatic N) is 1. The van der Waals surface area contributed by atoms with Gasteiger partial charge in [-0.1, -0.05) is 24.3 Å². The van der Waals surface area contributed by atoms with Crippen LogP contribution < -0.4 is 10.6 Å². The number of carbonyl (C=O) groups excluding carboxylic acids is 3. The van der Waals surface area contributed by atoms with Gasteiger partial charge in [-0.3, -0.25) is 14.4 Å². The van der Waals surface area contributed by atoms with Crippen molar-refractivity contribution >= 4 is 33.3 Å². The van der Waals surface area contributed by atoms with Crippen LogP contribution in [0.3, 0.4) is 0 Å². The third-order valence-electron chi connectivity index (χ3n) is 4.69. The summed E-state index contributed by atoms with van der Waals surface area (Å²) in [4.78, 5) is 36.1. The van der Waals surface area contributed by atoms with Crippen LogP contribution in [0.25, 0.3) is 0 Å². The van der Waals surface area contributed by atoms with Crippen molar-refractivity contribution < 1.29 is 22.8 Å². The van der Waals surface area contributed by atoms with Crippen LogP contribution in [0.2, 0.25) is 0 Å². The number of rotatable bonds is 8. The van der Waals surface area contributed by atoms with Gasteiger partial charge in [-0.05, 0) is 44.0 Å². The van der Waals surface area contributed by atoms with E-state index in [0.717, 1.165) is 17.1 Å². The molecule has 0 saturated heterocycles. The first-order valence-electron chi connectivity index (χ1n) is 9.45. The van der Waals surface area contributed by atoms with E-state index in [2.05, 4.69) is 10.6 Å². The molecule has 0 aromatic heterocycles. The van der Waals surface area contributed by atoms with E-state index in [0.29, 0.717) is 16.8 Å². The summed E-state index contributed by atoms with van der Waals surface area (Å²) in [7, 11) is -2.63. The number of hydrogen-bond donors (Lipinski definition) is 2. The van der Waals surface area contributed by atoms with E-state index >= 15 is 0 Å². The van der Waals surface area contributed by atoms with E-state index in [-0.39, 0.29) is 22.6 Å². The van der Waals surface area contributed by atoms with Crippen molar-refractivity contribution in [1.29, 1.82) is 0 Å². The van der Waals surface area contributed by atoms with E-state index in [9.17, 15) is 22.8 Å². The minimum Gasteiger partial charge on any atom is -0.349 e. The molecule has 3 rings (SSSR count). The summed E-state index contributed by atoms with van der Waals surface area (Å²) >= 11 is 0. The molecule has 0 unspecified atom stereocenters. The highest BCUT2D eigenvalue weighted by molar-refractivity contribution is 7.89. The number of sulfonamides is 1. The van der Waals surface area contributed by atoms with Crippen molar-refractivity contribution in [3.63, 3.8) is 0 Å². The Morgan fingerprint density at radius 3 is 2.27 bits per heavy atom. The molecule has 0 aliphatic heterocycles. The summed E-state index contributed by atoms with van der Waals surface area (Å²) in [6.07, 6.45) is 1.88. The van der Waals surface area contributed by atoms with Gasteiger partial charge in [0.1, 0.15) is 0 Å². The Hall–Kier alpha value is -3.04. The number of para-hydroxylation sites is 1. The lowest BCUT2D eigenvalue weighted by molar-refractivity contribution is -0.116. The first kappa shape index (κ1) is 21.7. The minimum atomic E-state index is -3.92. The molecule has 2 aromatic rings. The average molecular weight is 429 g/mol. The molecule has 8 nitrogen and oxygen atoms in total. The van der Waals surface area contributed by atoms with Crippen LogP contribution in [0.1, 0.15) is 40.5 Å². The van der Waals surface area contributed by atoms with Gasteiger partial charge in [0, 0.05) is 18.7 Å². The number of likely N-dealkylation sites (N-methyl/N-ethyl adjacent to an activating group) is 1. The number of anilines is 1. The minimum absolute atomic E-state index is 0.0213. The van der Waals surface area contributed by atoms with E-state index in [4.69, 9.17) is 0 Å². The average Bonchev–Trinajstić information content (AvgIpc) is 3.52. The standard InChI is InChI=1S/C21H23N3O5S/c1-14(25)15-7-11-17(12-8-15)30(28,29)24(2)13-20(26)23-19-6-4-3-5-18(19)21(27)22-16-9-10-16/h3-8,11-12,16H,9-10,13H2,1-2H3,(H,22,27)(H,23,26). The van der Waals surface area contributed by atoms with E-state index in [1.807, 2.05) is 0 Å². The molecule has 158 valence electrons. The second-order valence-corrected chi connectivity index (χ2v) is 9.23. The van der Waals surface area contributed by atoms with E-state index < -0.39 is 22.5 Å². The normalized spacial score (nSPS) is 13.7. The van der Waals surface area contributed by atoms with Gasteiger partial charge in [0.05, 0.1) is 22.7 Å². The highest BCUT2D eigenvalue weighted by Gasteiger charge is 2.26. The molecule has 1 aliphatic rings. The molecule has 9 heteroatoms. The molecule has 0 heterocycles. The second kappa shape index (κ2) is 8.76. The number of Topliss-reactive ketones (excluding diaryl/α,β-unsaturated/α-hetero) is 1. The van der Waals surface area contributed by atoms with Gasteiger partial charge in [0.2, 0.25) is 15.9 Å². The topological polar surface area (TPSA) is 113 Å². The molecule has 0 radical (unpaired) electrons. The Labute approximate surface area is 175 Å². The Morgan fingerprint density at radius 2 is 1.67 bits per heavy atom. The van der Waals surface area contributed by atoms with Gasteiger partial charge >= 0.3 is 0 Å². The zero-order chi connectivity index (χ0) is 21.9. The van der Waals surface area contributed by atoms with Crippen molar-refractivity contribution in [3.05, 3.63) is 59.7 Å². The first-order valence-corrected chi connectivity index (χ1v) is 10.9. The summed E-state index contributed by atoms with van der Waals surface area (Å²) in [6.45, 7) is 0.956. The second-order valence-electron chi connectivity index (χ2n) is 7.18. The molecular formula is C21H23N3O5S. The summed E-state index contributed by atoms with van der Waals surface area (Å²) in [5.74, 6) is -1.02. The van der Waals surface area contributed by atoms with Crippen LogP contribution in [0.15, 0.2) is 53.4 Å². The Balaban J connectivity index is 1.68. The molecule has 1 fully saturated rings. The number of hydrogen-bond acceptors (Lipinski definition) is 5. The van der Waals surface area contributed by atoms with Gasteiger partial charge in [0.15, 0.2) is 5.78 Å². The summed E-state index contributed by atoms with van der Waals surface area (Å²) < 4.78 is 26.3. The highest BCUT2D eigenvalue weighted by Crippen LogP contribution is 2.22. The molecular weight excluding hydrogens is 406 g/mol. The van der Waals surface area contributed by atoms with Crippen LogP contribution in [0.4, 0.5) is 5.69 Å². The molecule has 2 N–H and O–H groups in total. The van der Waals surface area contributed by atoms with E-state index in [1.54, 1.807) is 24.3 Å². The van der Waals surface area contributed by atoms with Crippen LogP contribution in [-0.2, 0) is 14.8 Å². The van der Waals surface area contributed by atoms with Gasteiger partial charge < -0.3 is 10.6 Å². The van der Waals surface area contributed by atoms with Gasteiger partial charge in [-0.15, -0.1) is 0 Å². The fraction of sp³-hybridized carbons (Fsp3) is 0.286. The molecule has 0 spiro atoms. The van der Waals surface area contributed by atoms with Crippen molar-refractivity contribution in [1.82, 2.24) is 9.62 Å². The van der Waals surface area contributed by atoms with Gasteiger partial charge in [-0.25, -0.2) is 8.42 Å². The smallest absolute Gasteiger partial charge is 0.253 e. The van der Waals surface area contributed by atoms with Crippen molar-refractivity contribution in [2.45, 2.75) is 30.7 Å². The predicted molar refractivity (Wildman–Crippen MR) is 112 cm³/mol. The fourth-order valence-electron chi connectivity index (χ4n) is 2.80. The molecule has 0 bridgehead atoms. The SMILES string of the molecule is CC(=O)c1ccc(S(=O)(=O)N(C)CC(=O)Nc2ccccc2C(=O)NC2CC2)cc1. The number of carbonyl (C=O) groups is 3. The maximum atomic E-state index is 12.7. The van der Waals surface area contributed by atoms with Crippen LogP contribution in [0.5, 0.6) is 0 Å². The van der Waals surface area contributed by atoms with Crippen molar-refractivity contribution in [3.8, 4) is 0 Å². The molecule has 2 aromatic carbocycles. The van der Waals surface area contributed by atoms with E-state index in [1.165, 1.54) is 38.2 Å². The maximum absolute atomic E-state index is 12.7. The Bertz CT molecular complexity index is 1080. The number of benzene rings is 2. The van der Waals surface area contributed by atoms with Crippen molar-refractivity contribution in [2.75, 3.05) is 18.9 Å². The molecule has 30 heavy (non-hydrogen) atoms. The third kappa shape index (κ3) is 5.11. The third-order valence-corrected chi connectivity index (χ3v) is 6.51. The van der Waals surface area contributed by atoms with Crippen LogP contribution in [0, 0.1) is 0 Å². The van der Waals surface area contributed by atoms with Crippen LogP contribution in [-0.4, -0.2) is 50.0 Å². The quantitative estimate of drug-likeness (QED) is 0.624. The summed E-state index contributed by atoms with van der Waals surface area (Å²) in [6, 6.07) is 12.3. The first-order chi connectivity index (χ1) is 14.2. The number of amides is 2. The van der Waals surface area contributed by atoms with Gasteiger partial charge in [0.25, 0.3) is 5.91 Å². The van der Waals surface area contributed by atoms with Crippen LogP contribution >= 0.6 is 0 Å². The monoisotopic (exact) mass is 429 g/mol. The lowest BCUT2D eigenvalue weighted by atomic mass is 10.1. The fourth-order valence-corrected chi connectivity index (χ4v) is 3.93. The summed E-state index contributed by atoms with van der Waals surface area (Å²) in [5.41, 5.74) is 1.04. The Morgan fingerprint density at radius 1 is 1.03 bits per heavy atom. The lowest BCUT2D eigenvalue weighted by Gasteiger charge is -2.18.